The summed E-state index contributed by atoms with van der Waals surface area (Å²) in [6.45, 7) is 0.0853. The predicted octanol–water partition coefficient (Wildman–Crippen LogP) is 1.27. The number of aromatic amines is 1. The molecule has 1 aliphatic rings. The van der Waals surface area contributed by atoms with E-state index in [9.17, 15) is 18.3 Å². The molecule has 5 N–H and O–H groups in total. The van der Waals surface area contributed by atoms with Crippen molar-refractivity contribution in [1.29, 1.82) is 0 Å². The first-order chi connectivity index (χ1) is 11.3. The Bertz CT molecular complexity index is 897. The fourth-order valence-electron chi connectivity index (χ4n) is 2.70. The Kier molecular flexibility index (Phi) is 4.80. The summed E-state index contributed by atoms with van der Waals surface area (Å²) < 4.78 is 27.9. The van der Waals surface area contributed by atoms with Crippen LogP contribution in [0.2, 0.25) is 5.02 Å². The zero-order valence-corrected chi connectivity index (χ0v) is 14.8. The summed E-state index contributed by atoms with van der Waals surface area (Å²) in [5.74, 6) is -0.266. The fraction of sp³-hybridized carbons (Fsp3) is 0.357. The number of aromatic nitrogens is 1. The number of benzene rings is 1. The molecule has 3 rings (SSSR count). The third kappa shape index (κ3) is 3.27. The first-order valence-corrected chi connectivity index (χ1v) is 10.1. The van der Waals surface area contributed by atoms with Gasteiger partial charge in [0.2, 0.25) is 10.0 Å². The summed E-state index contributed by atoms with van der Waals surface area (Å²) in [5, 5.41) is 10.4. The summed E-state index contributed by atoms with van der Waals surface area (Å²) in [7, 11) is -4.01. The number of primary amides is 1. The second-order valence-electron chi connectivity index (χ2n) is 5.55. The molecule has 2 atom stereocenters. The van der Waals surface area contributed by atoms with Crippen molar-refractivity contribution in [3.8, 4) is 0 Å². The Morgan fingerprint density at radius 1 is 1.50 bits per heavy atom. The van der Waals surface area contributed by atoms with Crippen LogP contribution in [-0.2, 0) is 10.0 Å². The van der Waals surface area contributed by atoms with Crippen molar-refractivity contribution >= 4 is 50.2 Å². The summed E-state index contributed by atoms with van der Waals surface area (Å²) >= 11 is 7.34. The van der Waals surface area contributed by atoms with Crippen molar-refractivity contribution in [2.75, 3.05) is 12.3 Å². The number of aliphatic hydroxyl groups is 1. The van der Waals surface area contributed by atoms with Gasteiger partial charge in [-0.05, 0) is 30.4 Å². The van der Waals surface area contributed by atoms with Gasteiger partial charge in [-0.2, -0.15) is 0 Å². The number of nitrogens with two attached hydrogens (primary N) is 1. The molecule has 0 spiro atoms. The Balaban J connectivity index is 2.01. The normalized spacial score (nSPS) is 21.4. The quantitative estimate of drug-likeness (QED) is 0.612. The first kappa shape index (κ1) is 17.6. The van der Waals surface area contributed by atoms with Crippen molar-refractivity contribution < 1.29 is 18.3 Å². The number of amides is 1. The molecule has 0 saturated carbocycles. The van der Waals surface area contributed by atoms with Crippen LogP contribution in [0.15, 0.2) is 23.1 Å². The molecule has 1 amide bonds. The van der Waals surface area contributed by atoms with E-state index < -0.39 is 21.4 Å². The number of halogens is 1. The SMILES string of the molecule is NC(=O)c1[nH]c2ccc(Cl)cc2c1S(=O)(=O)NCC1CCSC1O. The first-order valence-electron chi connectivity index (χ1n) is 7.20. The maximum absolute atomic E-state index is 12.7. The van der Waals surface area contributed by atoms with Crippen LogP contribution in [0.25, 0.3) is 10.9 Å². The molecule has 10 heteroatoms. The second kappa shape index (κ2) is 6.57. The van der Waals surface area contributed by atoms with Gasteiger partial charge in [0.1, 0.15) is 16.0 Å². The maximum Gasteiger partial charge on any atom is 0.266 e. The molecule has 1 aromatic carbocycles. The second-order valence-corrected chi connectivity index (χ2v) is 8.91. The van der Waals surface area contributed by atoms with Crippen LogP contribution >= 0.6 is 23.4 Å². The van der Waals surface area contributed by atoms with E-state index in [0.717, 1.165) is 12.2 Å². The van der Waals surface area contributed by atoms with Gasteiger partial charge in [0, 0.05) is 28.4 Å². The molecular formula is C14H16ClN3O4S2. The fourth-order valence-corrected chi connectivity index (χ4v) is 5.52. The van der Waals surface area contributed by atoms with Gasteiger partial charge in [-0.1, -0.05) is 11.6 Å². The molecule has 0 radical (unpaired) electrons. The summed E-state index contributed by atoms with van der Waals surface area (Å²) in [6.07, 6.45) is 0.719. The molecule has 7 nitrogen and oxygen atoms in total. The molecule has 1 saturated heterocycles. The largest absolute Gasteiger partial charge is 0.382 e. The topological polar surface area (TPSA) is 125 Å². The number of sulfonamides is 1. The van der Waals surface area contributed by atoms with E-state index in [1.807, 2.05) is 0 Å². The molecule has 0 bridgehead atoms. The van der Waals surface area contributed by atoms with E-state index in [4.69, 9.17) is 17.3 Å². The number of H-pyrrole nitrogens is 1. The van der Waals surface area contributed by atoms with Crippen LogP contribution in [0.3, 0.4) is 0 Å². The number of hydrogen-bond acceptors (Lipinski definition) is 5. The third-order valence-corrected chi connectivity index (χ3v) is 6.89. The zero-order chi connectivity index (χ0) is 17.5. The molecular weight excluding hydrogens is 374 g/mol. The number of hydrogen-bond donors (Lipinski definition) is 4. The third-order valence-electron chi connectivity index (χ3n) is 3.94. The Hall–Kier alpha value is -1.26. The van der Waals surface area contributed by atoms with E-state index in [1.165, 1.54) is 17.8 Å². The molecule has 1 fully saturated rings. The Labute approximate surface area is 148 Å². The molecule has 2 heterocycles. The highest BCUT2D eigenvalue weighted by Gasteiger charge is 2.31. The lowest BCUT2D eigenvalue weighted by atomic mass is 10.1. The van der Waals surface area contributed by atoms with Gasteiger partial charge in [-0.3, -0.25) is 4.79 Å². The number of fused-ring (bicyclic) bond motifs is 1. The highest BCUT2D eigenvalue weighted by molar-refractivity contribution is 8.00. The van der Waals surface area contributed by atoms with Crippen LogP contribution in [-0.4, -0.2) is 42.1 Å². The minimum atomic E-state index is -4.01. The molecule has 1 aromatic heterocycles. The van der Waals surface area contributed by atoms with Gasteiger partial charge in [0.25, 0.3) is 5.91 Å². The number of nitrogens with one attached hydrogen (secondary N) is 2. The lowest BCUT2D eigenvalue weighted by Crippen LogP contribution is -2.33. The van der Waals surface area contributed by atoms with Gasteiger partial charge < -0.3 is 15.8 Å². The molecule has 2 unspecified atom stereocenters. The molecule has 0 aliphatic carbocycles. The van der Waals surface area contributed by atoms with E-state index in [2.05, 4.69) is 9.71 Å². The van der Waals surface area contributed by atoms with Crippen molar-refractivity contribution in [2.45, 2.75) is 16.8 Å². The average molecular weight is 390 g/mol. The lowest BCUT2D eigenvalue weighted by Gasteiger charge is -2.14. The number of rotatable bonds is 5. The van der Waals surface area contributed by atoms with E-state index in [0.29, 0.717) is 15.9 Å². The average Bonchev–Trinajstić information content (AvgIpc) is 3.08. The van der Waals surface area contributed by atoms with E-state index in [-0.39, 0.29) is 23.1 Å². The van der Waals surface area contributed by atoms with Gasteiger partial charge in [-0.25, -0.2) is 13.1 Å². The van der Waals surface area contributed by atoms with Gasteiger partial charge in [0.15, 0.2) is 0 Å². The standard InChI is InChI=1S/C14H16ClN3O4S2/c15-8-1-2-10-9(5-8)12(11(18-10)13(16)19)24(21,22)17-6-7-3-4-23-14(7)20/h1-2,5,7,14,17-18,20H,3-4,6H2,(H2,16,19). The molecule has 1 aliphatic heterocycles. The van der Waals surface area contributed by atoms with Crippen LogP contribution in [0.4, 0.5) is 0 Å². The maximum atomic E-state index is 12.7. The molecule has 2 aromatic rings. The monoisotopic (exact) mass is 389 g/mol. The number of thioether (sulfide) groups is 1. The summed E-state index contributed by atoms with van der Waals surface area (Å²) in [5.41, 5.74) is 4.97. The summed E-state index contributed by atoms with van der Waals surface area (Å²) in [6, 6.07) is 4.64. The highest BCUT2D eigenvalue weighted by Crippen LogP contribution is 2.32. The minimum Gasteiger partial charge on any atom is -0.382 e. The minimum absolute atomic E-state index is 0.0853. The van der Waals surface area contributed by atoms with Crippen molar-refractivity contribution in [1.82, 2.24) is 9.71 Å². The smallest absolute Gasteiger partial charge is 0.266 e. The number of carbonyl (C=O) groups is 1. The van der Waals surface area contributed by atoms with Crippen molar-refractivity contribution in [2.24, 2.45) is 11.7 Å². The Morgan fingerprint density at radius 2 is 2.25 bits per heavy atom. The van der Waals surface area contributed by atoms with Gasteiger partial charge >= 0.3 is 0 Å². The van der Waals surface area contributed by atoms with E-state index >= 15 is 0 Å². The van der Waals surface area contributed by atoms with E-state index in [1.54, 1.807) is 12.1 Å². The van der Waals surface area contributed by atoms with Crippen molar-refractivity contribution in [3.63, 3.8) is 0 Å². The predicted molar refractivity (Wildman–Crippen MR) is 93.6 cm³/mol. The van der Waals surface area contributed by atoms with Crippen LogP contribution in [0, 0.1) is 5.92 Å². The summed E-state index contributed by atoms with van der Waals surface area (Å²) in [4.78, 5) is 14.2. The van der Waals surface area contributed by atoms with Crippen LogP contribution in [0.5, 0.6) is 0 Å². The Morgan fingerprint density at radius 3 is 2.88 bits per heavy atom. The lowest BCUT2D eigenvalue weighted by molar-refractivity contribution is 0.0993. The highest BCUT2D eigenvalue weighted by atomic mass is 35.5. The van der Waals surface area contributed by atoms with Crippen LogP contribution < -0.4 is 10.5 Å². The zero-order valence-electron chi connectivity index (χ0n) is 12.5. The molecule has 24 heavy (non-hydrogen) atoms. The van der Waals surface area contributed by atoms with Gasteiger partial charge in [0.05, 0.1) is 0 Å². The van der Waals surface area contributed by atoms with Gasteiger partial charge in [-0.15, -0.1) is 11.8 Å². The number of aliphatic hydroxyl groups excluding tert-OH is 1. The van der Waals surface area contributed by atoms with Crippen LogP contribution in [0.1, 0.15) is 16.9 Å². The van der Waals surface area contributed by atoms with Crippen molar-refractivity contribution in [3.05, 3.63) is 28.9 Å². The number of carbonyl (C=O) groups excluding carboxylic acids is 1. The molecule has 130 valence electrons.